The van der Waals surface area contributed by atoms with Gasteiger partial charge in [-0.2, -0.15) is 0 Å². The summed E-state index contributed by atoms with van der Waals surface area (Å²) in [6, 6.07) is -0.704. The van der Waals surface area contributed by atoms with Gasteiger partial charge in [0.1, 0.15) is 6.04 Å². The number of amides is 2. The molecule has 0 aromatic rings. The van der Waals surface area contributed by atoms with Crippen LogP contribution in [-0.2, 0) is 4.79 Å². The molecule has 5 heteroatoms. The van der Waals surface area contributed by atoms with Crippen molar-refractivity contribution in [1.29, 1.82) is 0 Å². The van der Waals surface area contributed by atoms with Crippen molar-refractivity contribution in [2.75, 3.05) is 6.54 Å². The van der Waals surface area contributed by atoms with Gasteiger partial charge in [0.05, 0.1) is 0 Å². The molecular formula is C14H24N2O3. The second kappa shape index (κ2) is 6.26. The molecule has 0 aromatic carbocycles. The van der Waals surface area contributed by atoms with Crippen molar-refractivity contribution >= 4 is 12.0 Å². The molecule has 1 aliphatic carbocycles. The molecular weight excluding hydrogens is 244 g/mol. The minimum absolute atomic E-state index is 0.142. The first-order valence-corrected chi connectivity index (χ1v) is 7.39. The number of urea groups is 1. The summed E-state index contributed by atoms with van der Waals surface area (Å²) in [5, 5.41) is 12.1. The molecule has 0 aromatic heterocycles. The van der Waals surface area contributed by atoms with Gasteiger partial charge < -0.3 is 15.3 Å². The SMILES string of the molecule is CC(NC(=O)N1CCC[C@H]1C(=O)O)C1CCCCC1. The maximum Gasteiger partial charge on any atom is 0.326 e. The molecule has 2 rings (SSSR count). The van der Waals surface area contributed by atoms with Gasteiger partial charge in [0.2, 0.25) is 0 Å². The Morgan fingerprint density at radius 3 is 2.47 bits per heavy atom. The maximum atomic E-state index is 12.2. The van der Waals surface area contributed by atoms with Crippen LogP contribution in [0.3, 0.4) is 0 Å². The zero-order valence-electron chi connectivity index (χ0n) is 11.6. The number of aliphatic carboxylic acids is 1. The Balaban J connectivity index is 1.87. The van der Waals surface area contributed by atoms with Crippen LogP contribution in [0.15, 0.2) is 0 Å². The normalized spacial score (nSPS) is 26.2. The van der Waals surface area contributed by atoms with Crippen LogP contribution in [0.5, 0.6) is 0 Å². The summed E-state index contributed by atoms with van der Waals surface area (Å²) >= 11 is 0. The lowest BCUT2D eigenvalue weighted by Gasteiger charge is -2.30. The maximum absolute atomic E-state index is 12.2. The number of carbonyl (C=O) groups is 2. The van der Waals surface area contributed by atoms with E-state index >= 15 is 0 Å². The van der Waals surface area contributed by atoms with Gasteiger partial charge in [-0.05, 0) is 38.5 Å². The van der Waals surface area contributed by atoms with Gasteiger partial charge in [0.25, 0.3) is 0 Å². The van der Waals surface area contributed by atoms with Gasteiger partial charge in [-0.25, -0.2) is 9.59 Å². The fourth-order valence-corrected chi connectivity index (χ4v) is 3.30. The van der Waals surface area contributed by atoms with Crippen molar-refractivity contribution in [3.63, 3.8) is 0 Å². The van der Waals surface area contributed by atoms with Gasteiger partial charge in [-0.1, -0.05) is 19.3 Å². The summed E-state index contributed by atoms with van der Waals surface area (Å²) in [6.45, 7) is 2.60. The predicted octanol–water partition coefficient (Wildman–Crippen LogP) is 2.21. The summed E-state index contributed by atoms with van der Waals surface area (Å²) in [5.41, 5.74) is 0. The summed E-state index contributed by atoms with van der Waals surface area (Å²) in [6.07, 6.45) is 7.47. The molecule has 19 heavy (non-hydrogen) atoms. The monoisotopic (exact) mass is 268 g/mol. The van der Waals surface area contributed by atoms with E-state index in [2.05, 4.69) is 5.32 Å². The minimum Gasteiger partial charge on any atom is -0.480 e. The van der Waals surface area contributed by atoms with Crippen molar-refractivity contribution in [2.45, 2.75) is 64.0 Å². The number of nitrogens with one attached hydrogen (secondary N) is 1. The number of nitrogens with zero attached hydrogens (tertiary/aromatic N) is 1. The van der Waals surface area contributed by atoms with E-state index in [1.54, 1.807) is 0 Å². The number of hydrogen-bond acceptors (Lipinski definition) is 2. The van der Waals surface area contributed by atoms with Gasteiger partial charge in [0.15, 0.2) is 0 Å². The predicted molar refractivity (Wildman–Crippen MR) is 71.9 cm³/mol. The molecule has 1 saturated carbocycles. The van der Waals surface area contributed by atoms with E-state index in [0.29, 0.717) is 18.9 Å². The topological polar surface area (TPSA) is 69.6 Å². The third-order valence-corrected chi connectivity index (χ3v) is 4.51. The van der Waals surface area contributed by atoms with E-state index in [9.17, 15) is 9.59 Å². The molecule has 5 nitrogen and oxygen atoms in total. The highest BCUT2D eigenvalue weighted by Crippen LogP contribution is 2.26. The zero-order valence-corrected chi connectivity index (χ0v) is 11.6. The standard InChI is InChI=1S/C14H24N2O3/c1-10(11-6-3-2-4-7-11)15-14(19)16-9-5-8-12(16)13(17)18/h10-12H,2-9H2,1H3,(H,15,19)(H,17,18)/t10?,12-/m0/s1. The van der Waals surface area contributed by atoms with E-state index in [-0.39, 0.29) is 12.1 Å². The van der Waals surface area contributed by atoms with Gasteiger partial charge in [-0.3, -0.25) is 0 Å². The average Bonchev–Trinajstić information content (AvgIpc) is 2.89. The Hall–Kier alpha value is -1.26. The summed E-state index contributed by atoms with van der Waals surface area (Å²) < 4.78 is 0. The molecule has 1 unspecified atom stereocenters. The lowest BCUT2D eigenvalue weighted by atomic mass is 9.84. The fourth-order valence-electron chi connectivity index (χ4n) is 3.30. The van der Waals surface area contributed by atoms with Crippen LogP contribution in [0.1, 0.15) is 51.9 Å². The summed E-state index contributed by atoms with van der Waals surface area (Å²) in [5.74, 6) is -0.346. The quantitative estimate of drug-likeness (QED) is 0.824. The molecule has 1 heterocycles. The molecule has 2 fully saturated rings. The van der Waals surface area contributed by atoms with Crippen LogP contribution in [0, 0.1) is 5.92 Å². The van der Waals surface area contributed by atoms with Crippen molar-refractivity contribution in [3.8, 4) is 0 Å². The lowest BCUT2D eigenvalue weighted by molar-refractivity contribution is -0.141. The number of carboxylic acids is 1. The summed E-state index contributed by atoms with van der Waals surface area (Å²) in [4.78, 5) is 24.7. The number of carboxylic acid groups (broad SMARTS) is 1. The number of carbonyl (C=O) groups excluding carboxylic acids is 1. The van der Waals surface area contributed by atoms with Crippen LogP contribution in [0.2, 0.25) is 0 Å². The molecule has 0 bridgehead atoms. The molecule has 2 atom stereocenters. The third-order valence-electron chi connectivity index (χ3n) is 4.51. The molecule has 2 amide bonds. The molecule has 2 aliphatic rings. The van der Waals surface area contributed by atoms with Crippen LogP contribution in [0.4, 0.5) is 4.79 Å². The first-order valence-electron chi connectivity index (χ1n) is 7.39. The van der Waals surface area contributed by atoms with Crippen molar-refractivity contribution < 1.29 is 14.7 Å². The van der Waals surface area contributed by atoms with Crippen LogP contribution in [0.25, 0.3) is 0 Å². The van der Waals surface area contributed by atoms with Gasteiger partial charge in [0, 0.05) is 12.6 Å². The third kappa shape index (κ3) is 3.39. The number of likely N-dealkylation sites (tertiary alicyclic amines) is 1. The Bertz CT molecular complexity index is 340. The van der Waals surface area contributed by atoms with Crippen molar-refractivity contribution in [2.24, 2.45) is 5.92 Å². The molecule has 1 aliphatic heterocycles. The van der Waals surface area contributed by atoms with Crippen molar-refractivity contribution in [3.05, 3.63) is 0 Å². The highest BCUT2D eigenvalue weighted by molar-refractivity contribution is 5.83. The Kier molecular flexibility index (Phi) is 4.66. The Morgan fingerprint density at radius 1 is 1.16 bits per heavy atom. The second-order valence-corrected chi connectivity index (χ2v) is 5.83. The van der Waals surface area contributed by atoms with Crippen LogP contribution < -0.4 is 5.32 Å². The van der Waals surface area contributed by atoms with E-state index in [0.717, 1.165) is 6.42 Å². The lowest BCUT2D eigenvalue weighted by Crippen LogP contribution is -2.50. The smallest absolute Gasteiger partial charge is 0.326 e. The van der Waals surface area contributed by atoms with E-state index in [1.807, 2.05) is 6.92 Å². The molecule has 108 valence electrons. The number of rotatable bonds is 3. The van der Waals surface area contributed by atoms with Crippen LogP contribution >= 0.6 is 0 Å². The first kappa shape index (κ1) is 14.2. The highest BCUT2D eigenvalue weighted by Gasteiger charge is 2.35. The molecule has 0 radical (unpaired) electrons. The highest BCUT2D eigenvalue weighted by atomic mass is 16.4. The molecule has 0 spiro atoms. The minimum atomic E-state index is -0.891. The average molecular weight is 268 g/mol. The fraction of sp³-hybridized carbons (Fsp3) is 0.857. The van der Waals surface area contributed by atoms with Gasteiger partial charge in [-0.15, -0.1) is 0 Å². The molecule has 1 saturated heterocycles. The largest absolute Gasteiger partial charge is 0.480 e. The second-order valence-electron chi connectivity index (χ2n) is 5.83. The molecule has 2 N–H and O–H groups in total. The number of hydrogen-bond donors (Lipinski definition) is 2. The van der Waals surface area contributed by atoms with E-state index in [1.165, 1.54) is 37.0 Å². The Labute approximate surface area is 114 Å². The Morgan fingerprint density at radius 2 is 1.84 bits per heavy atom. The van der Waals surface area contributed by atoms with Crippen LogP contribution in [-0.4, -0.2) is 40.6 Å². The first-order chi connectivity index (χ1) is 9.09. The zero-order chi connectivity index (χ0) is 13.8. The van der Waals surface area contributed by atoms with E-state index < -0.39 is 12.0 Å². The summed E-state index contributed by atoms with van der Waals surface area (Å²) in [7, 11) is 0. The van der Waals surface area contributed by atoms with Crippen molar-refractivity contribution in [1.82, 2.24) is 10.2 Å². The van der Waals surface area contributed by atoms with Gasteiger partial charge >= 0.3 is 12.0 Å². The van der Waals surface area contributed by atoms with E-state index in [4.69, 9.17) is 5.11 Å².